The molecule has 1 aliphatic rings. The summed E-state index contributed by atoms with van der Waals surface area (Å²) in [5.41, 5.74) is 8.90. The fraction of sp³-hybridized carbons (Fsp3) is 0.889. The van der Waals surface area contributed by atoms with E-state index in [-0.39, 0.29) is 18.6 Å². The van der Waals surface area contributed by atoms with Crippen LogP contribution >= 0.6 is 0 Å². The minimum atomic E-state index is -3.80. The Balaban J connectivity index is 3.38. The van der Waals surface area contributed by atoms with Gasteiger partial charge in [-0.1, -0.05) is 26.2 Å². The van der Waals surface area contributed by atoms with E-state index in [1.807, 2.05) is 0 Å². The van der Waals surface area contributed by atoms with Crippen molar-refractivity contribution >= 4 is 25.6 Å². The number of hydrogen-bond donors (Lipinski definition) is 1. The van der Waals surface area contributed by atoms with Crippen molar-refractivity contribution in [1.29, 1.82) is 0 Å². The van der Waals surface area contributed by atoms with Crippen LogP contribution in [0.5, 0.6) is 0 Å². The second-order valence-corrected chi connectivity index (χ2v) is 7.72. The lowest BCUT2D eigenvalue weighted by Crippen LogP contribution is -2.47. The molecule has 98 valence electrons. The van der Waals surface area contributed by atoms with Crippen LogP contribution in [-0.4, -0.2) is 37.2 Å². The topological polar surface area (TPSA) is 105 Å². The molecular weight excluding hydrogens is 264 g/mol. The van der Waals surface area contributed by atoms with Crippen LogP contribution in [-0.2, 0) is 20.5 Å². The zero-order valence-corrected chi connectivity index (χ0v) is 11.3. The molecule has 0 bridgehead atoms. The van der Waals surface area contributed by atoms with Crippen LogP contribution in [0.2, 0.25) is 0 Å². The molecule has 0 spiro atoms. The quantitative estimate of drug-likeness (QED) is 0.265. The summed E-state index contributed by atoms with van der Waals surface area (Å²) in [5.74, 6) is -0.267. The monoisotopic (exact) mass is 280 g/mol. The van der Waals surface area contributed by atoms with Crippen LogP contribution in [0, 0.1) is 0 Å². The van der Waals surface area contributed by atoms with Gasteiger partial charge in [0, 0.05) is 0 Å². The number of rotatable bonds is 3. The number of sulfone groups is 1. The summed E-state index contributed by atoms with van der Waals surface area (Å²) in [6, 6.07) is 0. The maximum absolute atomic E-state index is 11.8. The maximum Gasteiger partial charge on any atom is 0.402 e. The zero-order chi connectivity index (χ0) is 13.1. The highest BCUT2D eigenvalue weighted by Crippen LogP contribution is 2.33. The third kappa shape index (κ3) is 2.59. The number of hydrogen-bond acceptors (Lipinski definition) is 4. The largest absolute Gasteiger partial charge is 0.402 e. The highest BCUT2D eigenvalue weighted by molar-refractivity contribution is 8.07. The first-order valence-electron chi connectivity index (χ1n) is 5.50. The summed E-state index contributed by atoms with van der Waals surface area (Å²) in [6.45, 7) is 1.40. The SMILES string of the molecule is CCS(=O)(=O)C(=[N+]=[N-])C1([SH](=O)=O)CCCCC1. The molecule has 0 aliphatic heterocycles. The van der Waals surface area contributed by atoms with Crippen molar-refractivity contribution in [1.82, 2.24) is 0 Å². The van der Waals surface area contributed by atoms with E-state index in [9.17, 15) is 16.8 Å². The molecule has 8 heteroatoms. The summed E-state index contributed by atoms with van der Waals surface area (Å²) in [6.07, 6.45) is 2.55. The molecule has 0 heterocycles. The van der Waals surface area contributed by atoms with E-state index in [0.29, 0.717) is 12.8 Å². The van der Waals surface area contributed by atoms with Crippen molar-refractivity contribution < 1.29 is 21.6 Å². The molecule has 17 heavy (non-hydrogen) atoms. The average molecular weight is 280 g/mol. The normalized spacial score (nSPS) is 19.9. The molecule has 0 saturated heterocycles. The van der Waals surface area contributed by atoms with Crippen LogP contribution in [0.3, 0.4) is 0 Å². The van der Waals surface area contributed by atoms with E-state index in [4.69, 9.17) is 5.53 Å². The molecular formula is C9H16N2O4S2. The van der Waals surface area contributed by atoms with Crippen LogP contribution in [0.15, 0.2) is 0 Å². The Kier molecular flexibility index (Phi) is 4.46. The molecule has 0 N–H and O–H groups in total. The first-order chi connectivity index (χ1) is 7.90. The van der Waals surface area contributed by atoms with Crippen molar-refractivity contribution in [2.75, 3.05) is 5.75 Å². The smallest absolute Gasteiger partial charge is 0.360 e. The molecule has 0 radical (unpaired) electrons. The molecule has 0 amide bonds. The zero-order valence-electron chi connectivity index (χ0n) is 9.63. The highest BCUT2D eigenvalue weighted by atomic mass is 32.2. The van der Waals surface area contributed by atoms with Crippen molar-refractivity contribution in [3.63, 3.8) is 0 Å². The fourth-order valence-electron chi connectivity index (χ4n) is 2.19. The van der Waals surface area contributed by atoms with Gasteiger partial charge in [0.25, 0.3) is 9.84 Å². The van der Waals surface area contributed by atoms with Crippen LogP contribution in [0.4, 0.5) is 0 Å². The lowest BCUT2D eigenvalue weighted by molar-refractivity contribution is -0.00738. The minimum Gasteiger partial charge on any atom is -0.360 e. The van der Waals surface area contributed by atoms with Crippen molar-refractivity contribution in [3.8, 4) is 0 Å². The first-order valence-corrected chi connectivity index (χ1v) is 8.33. The lowest BCUT2D eigenvalue weighted by Gasteiger charge is -2.26. The number of nitrogens with zero attached hydrogens (tertiary/aromatic N) is 2. The van der Waals surface area contributed by atoms with E-state index in [2.05, 4.69) is 4.79 Å². The molecule has 0 atom stereocenters. The summed E-state index contributed by atoms with van der Waals surface area (Å²) in [4.78, 5) is 2.79. The molecule has 0 aromatic rings. The van der Waals surface area contributed by atoms with Gasteiger partial charge in [-0.25, -0.2) is 16.8 Å². The molecule has 1 fully saturated rings. The van der Waals surface area contributed by atoms with Crippen LogP contribution in [0.1, 0.15) is 39.0 Å². The Morgan fingerprint density at radius 3 is 2.18 bits per heavy atom. The second-order valence-electron chi connectivity index (χ2n) is 4.16. The molecule has 0 aromatic carbocycles. The van der Waals surface area contributed by atoms with Crippen LogP contribution < -0.4 is 0 Å². The Hall–Kier alpha value is -0.720. The van der Waals surface area contributed by atoms with Gasteiger partial charge < -0.3 is 5.53 Å². The summed E-state index contributed by atoms with van der Waals surface area (Å²) in [5, 5.41) is -0.580. The summed E-state index contributed by atoms with van der Waals surface area (Å²) in [7, 11) is -6.79. The lowest BCUT2D eigenvalue weighted by atomic mass is 9.89. The Morgan fingerprint density at radius 2 is 1.82 bits per heavy atom. The predicted octanol–water partition coefficient (Wildman–Crippen LogP) is 0.364. The Labute approximate surface area is 103 Å². The van der Waals surface area contributed by atoms with E-state index in [0.717, 1.165) is 6.42 Å². The van der Waals surface area contributed by atoms with E-state index in [1.165, 1.54) is 6.92 Å². The van der Waals surface area contributed by atoms with Crippen LogP contribution in [0.25, 0.3) is 5.53 Å². The second kappa shape index (κ2) is 5.29. The van der Waals surface area contributed by atoms with Gasteiger partial charge in [-0.05, 0) is 12.8 Å². The van der Waals surface area contributed by atoms with Gasteiger partial charge in [0.2, 0.25) is 0 Å². The van der Waals surface area contributed by atoms with Gasteiger partial charge in [0.1, 0.15) is 0 Å². The predicted molar refractivity (Wildman–Crippen MR) is 64.2 cm³/mol. The van der Waals surface area contributed by atoms with Crippen molar-refractivity contribution in [2.45, 2.75) is 43.8 Å². The van der Waals surface area contributed by atoms with Crippen molar-refractivity contribution in [2.24, 2.45) is 0 Å². The van der Waals surface area contributed by atoms with E-state index in [1.54, 1.807) is 0 Å². The highest BCUT2D eigenvalue weighted by Gasteiger charge is 2.53. The molecule has 6 nitrogen and oxygen atoms in total. The average Bonchev–Trinajstić information content (AvgIpc) is 2.30. The van der Waals surface area contributed by atoms with E-state index >= 15 is 0 Å². The van der Waals surface area contributed by atoms with Gasteiger partial charge in [-0.2, -0.15) is 4.79 Å². The minimum absolute atomic E-state index is 0.213. The van der Waals surface area contributed by atoms with Gasteiger partial charge >= 0.3 is 5.04 Å². The third-order valence-electron chi connectivity index (χ3n) is 3.19. The molecule has 0 unspecified atom stereocenters. The Bertz CT molecular complexity index is 501. The standard InChI is InChI=1S/C9H16N2O4S2/c1-2-17(14,15)8(11-10)9(16(12)13)6-4-3-5-7-9/h16H,2-7H2,1H3. The molecule has 1 saturated carbocycles. The third-order valence-corrected chi connectivity index (χ3v) is 6.52. The molecule has 1 rings (SSSR count). The first kappa shape index (κ1) is 14.3. The molecule has 1 aliphatic carbocycles. The summed E-state index contributed by atoms with van der Waals surface area (Å²) >= 11 is 0. The van der Waals surface area contributed by atoms with Gasteiger partial charge in [-0.3, -0.25) is 0 Å². The van der Waals surface area contributed by atoms with Gasteiger partial charge in [0.05, 0.1) is 5.75 Å². The van der Waals surface area contributed by atoms with Gasteiger partial charge in [0.15, 0.2) is 15.5 Å². The molecule has 0 aromatic heterocycles. The van der Waals surface area contributed by atoms with Crippen molar-refractivity contribution in [3.05, 3.63) is 5.53 Å². The van der Waals surface area contributed by atoms with Gasteiger partial charge in [-0.15, -0.1) is 0 Å². The number of thiol groups is 1. The fourth-order valence-corrected chi connectivity index (χ4v) is 4.90. The Morgan fingerprint density at radius 1 is 1.29 bits per heavy atom. The maximum atomic E-state index is 11.8. The summed E-state index contributed by atoms with van der Waals surface area (Å²) < 4.78 is 44.9. The van der Waals surface area contributed by atoms with E-state index < -0.39 is 30.3 Å².